The highest BCUT2D eigenvalue weighted by Gasteiger charge is 2.38. The van der Waals surface area contributed by atoms with Gasteiger partial charge in [0, 0.05) is 11.6 Å². The van der Waals surface area contributed by atoms with Crippen LogP contribution in [0.15, 0.2) is 18.2 Å². The molecule has 0 aromatic heterocycles. The molecule has 0 atom stereocenters. The van der Waals surface area contributed by atoms with Crippen molar-refractivity contribution in [2.45, 2.75) is 6.18 Å². The van der Waals surface area contributed by atoms with Gasteiger partial charge in [-0.3, -0.25) is 10.1 Å². The summed E-state index contributed by atoms with van der Waals surface area (Å²) in [5.74, 6) is 1.98. The number of hydrogen-bond acceptors (Lipinski definition) is 2. The predicted molar refractivity (Wildman–Crippen MR) is 46.0 cm³/mol. The van der Waals surface area contributed by atoms with E-state index in [2.05, 4.69) is 0 Å². The highest BCUT2D eigenvalue weighted by molar-refractivity contribution is 5.48. The van der Waals surface area contributed by atoms with Crippen LogP contribution in [0.3, 0.4) is 0 Å². The van der Waals surface area contributed by atoms with Crippen LogP contribution in [-0.2, 0) is 6.18 Å². The van der Waals surface area contributed by atoms with Crippen molar-refractivity contribution in [3.8, 4) is 12.3 Å². The van der Waals surface area contributed by atoms with Crippen LogP contribution in [0.1, 0.15) is 11.1 Å². The van der Waals surface area contributed by atoms with Crippen molar-refractivity contribution in [2.75, 3.05) is 0 Å². The van der Waals surface area contributed by atoms with Crippen molar-refractivity contribution in [3.63, 3.8) is 0 Å². The minimum absolute atomic E-state index is 0.0482. The van der Waals surface area contributed by atoms with Crippen molar-refractivity contribution in [3.05, 3.63) is 39.4 Å². The first-order chi connectivity index (χ1) is 6.86. The van der Waals surface area contributed by atoms with Crippen LogP contribution < -0.4 is 0 Å². The van der Waals surface area contributed by atoms with E-state index >= 15 is 0 Å². The van der Waals surface area contributed by atoms with Crippen molar-refractivity contribution in [1.82, 2.24) is 0 Å². The van der Waals surface area contributed by atoms with Gasteiger partial charge < -0.3 is 0 Å². The van der Waals surface area contributed by atoms with Gasteiger partial charge in [-0.15, -0.1) is 6.42 Å². The predicted octanol–water partition coefficient (Wildman–Crippen LogP) is 2.59. The lowest BCUT2D eigenvalue weighted by molar-refractivity contribution is -0.388. The van der Waals surface area contributed by atoms with E-state index in [4.69, 9.17) is 6.42 Å². The number of halogens is 3. The fourth-order valence-corrected chi connectivity index (χ4v) is 1.01. The lowest BCUT2D eigenvalue weighted by Gasteiger charge is -2.07. The number of benzene rings is 1. The molecule has 0 aliphatic heterocycles. The summed E-state index contributed by atoms with van der Waals surface area (Å²) in [7, 11) is 0. The largest absolute Gasteiger partial charge is 0.423 e. The van der Waals surface area contributed by atoms with Crippen LogP contribution in [-0.4, -0.2) is 4.92 Å². The van der Waals surface area contributed by atoms with Gasteiger partial charge in [0.05, 0.1) is 4.92 Å². The van der Waals surface area contributed by atoms with Crippen LogP contribution in [0.5, 0.6) is 0 Å². The lowest BCUT2D eigenvalue weighted by atomic mass is 10.1. The first kappa shape index (κ1) is 11.0. The molecule has 1 aromatic carbocycles. The Morgan fingerprint density at radius 1 is 1.40 bits per heavy atom. The van der Waals surface area contributed by atoms with Gasteiger partial charge in [0.25, 0.3) is 5.69 Å². The molecule has 0 radical (unpaired) electrons. The fourth-order valence-electron chi connectivity index (χ4n) is 1.01. The maximum absolute atomic E-state index is 12.4. The molecule has 0 bridgehead atoms. The van der Waals surface area contributed by atoms with E-state index in [0.29, 0.717) is 6.07 Å². The van der Waals surface area contributed by atoms with Gasteiger partial charge in [-0.05, 0) is 12.1 Å². The van der Waals surface area contributed by atoms with E-state index in [-0.39, 0.29) is 5.56 Å². The molecule has 1 aromatic rings. The summed E-state index contributed by atoms with van der Waals surface area (Å²) in [6, 6.07) is 2.42. The topological polar surface area (TPSA) is 43.1 Å². The minimum atomic E-state index is -4.78. The van der Waals surface area contributed by atoms with Crippen LogP contribution >= 0.6 is 0 Å². The van der Waals surface area contributed by atoms with Gasteiger partial charge >= 0.3 is 6.18 Å². The summed E-state index contributed by atoms with van der Waals surface area (Å²) in [5, 5.41) is 10.3. The van der Waals surface area contributed by atoms with Gasteiger partial charge in [-0.25, -0.2) is 0 Å². The molecule has 1 rings (SSSR count). The van der Waals surface area contributed by atoms with E-state index in [1.165, 1.54) is 0 Å². The third-order valence-electron chi connectivity index (χ3n) is 1.67. The molecule has 3 nitrogen and oxygen atoms in total. The Morgan fingerprint density at radius 3 is 2.40 bits per heavy atom. The zero-order valence-corrected chi connectivity index (χ0v) is 7.21. The zero-order chi connectivity index (χ0) is 11.6. The van der Waals surface area contributed by atoms with Gasteiger partial charge in [-0.2, -0.15) is 13.2 Å². The van der Waals surface area contributed by atoms with Crippen molar-refractivity contribution in [2.24, 2.45) is 0 Å². The molecule has 15 heavy (non-hydrogen) atoms. The summed E-state index contributed by atoms with van der Waals surface area (Å²) in [4.78, 5) is 9.23. The highest BCUT2D eigenvalue weighted by Crippen LogP contribution is 2.36. The van der Waals surface area contributed by atoms with Crippen LogP contribution in [0.2, 0.25) is 0 Å². The van der Waals surface area contributed by atoms with Crippen molar-refractivity contribution >= 4 is 5.69 Å². The molecular formula is C9H4F3NO2. The molecule has 6 heteroatoms. The summed E-state index contributed by atoms with van der Waals surface area (Å²) in [5.41, 5.74) is -2.38. The first-order valence-electron chi connectivity index (χ1n) is 3.68. The quantitative estimate of drug-likeness (QED) is 0.410. The first-order valence-corrected chi connectivity index (χ1v) is 3.68. The smallest absolute Gasteiger partial charge is 0.258 e. The number of nitro groups is 1. The summed E-state index contributed by atoms with van der Waals surface area (Å²) in [6.45, 7) is 0. The summed E-state index contributed by atoms with van der Waals surface area (Å²) in [6.07, 6.45) is 0.118. The Bertz CT molecular complexity index is 446. The molecule has 0 aliphatic rings. The Labute approximate surface area is 82.7 Å². The van der Waals surface area contributed by atoms with Gasteiger partial charge in [0.1, 0.15) is 5.56 Å². The summed E-state index contributed by atoms with van der Waals surface area (Å²) < 4.78 is 37.1. The molecule has 78 valence electrons. The second-order valence-electron chi connectivity index (χ2n) is 2.63. The third-order valence-corrected chi connectivity index (χ3v) is 1.67. The Kier molecular flexibility index (Phi) is 2.66. The molecule has 0 spiro atoms. The third kappa shape index (κ3) is 2.26. The zero-order valence-electron chi connectivity index (χ0n) is 7.21. The van der Waals surface area contributed by atoms with E-state index in [0.717, 1.165) is 12.1 Å². The Hall–Kier alpha value is -2.03. The normalized spacial score (nSPS) is 10.8. The number of rotatable bonds is 1. The van der Waals surface area contributed by atoms with Gasteiger partial charge in [-0.1, -0.05) is 5.92 Å². The number of terminal acetylenes is 1. The van der Waals surface area contributed by atoms with Crippen molar-refractivity contribution < 1.29 is 18.1 Å². The number of nitrogens with zero attached hydrogens (tertiary/aromatic N) is 1. The maximum Gasteiger partial charge on any atom is 0.423 e. The maximum atomic E-state index is 12.4. The average Bonchev–Trinajstić information content (AvgIpc) is 2.15. The van der Waals surface area contributed by atoms with Crippen LogP contribution in [0.4, 0.5) is 18.9 Å². The average molecular weight is 215 g/mol. The van der Waals surface area contributed by atoms with Gasteiger partial charge in [0.15, 0.2) is 0 Å². The van der Waals surface area contributed by atoms with Crippen molar-refractivity contribution in [1.29, 1.82) is 0 Å². The molecule has 0 unspecified atom stereocenters. The fraction of sp³-hybridized carbons (Fsp3) is 0.111. The van der Waals surface area contributed by atoms with E-state index < -0.39 is 22.4 Å². The number of nitro benzene ring substituents is 1. The molecule has 0 saturated carbocycles. The number of hydrogen-bond donors (Lipinski definition) is 0. The van der Waals surface area contributed by atoms with E-state index in [1.807, 2.05) is 5.92 Å². The Morgan fingerprint density at radius 2 is 2.00 bits per heavy atom. The molecule has 0 amide bonds. The molecule has 0 N–H and O–H groups in total. The van der Waals surface area contributed by atoms with E-state index in [9.17, 15) is 23.3 Å². The molecule has 0 aliphatic carbocycles. The number of alkyl halides is 3. The standard InChI is InChI=1S/C9H4F3NO2/c1-2-6-3-4-8(13(14)15)7(5-6)9(10,11)12/h1,3-5H. The monoisotopic (exact) mass is 215 g/mol. The minimum Gasteiger partial charge on any atom is -0.258 e. The van der Waals surface area contributed by atoms with Gasteiger partial charge in [0.2, 0.25) is 0 Å². The lowest BCUT2D eigenvalue weighted by Crippen LogP contribution is -2.09. The molecule has 0 saturated heterocycles. The molecule has 0 heterocycles. The summed E-state index contributed by atoms with van der Waals surface area (Å²) >= 11 is 0. The highest BCUT2D eigenvalue weighted by atomic mass is 19.4. The molecular weight excluding hydrogens is 211 g/mol. The Balaban J connectivity index is 3.44. The SMILES string of the molecule is C#Cc1ccc([N+](=O)[O-])c(C(F)(F)F)c1. The molecule has 0 fully saturated rings. The second kappa shape index (κ2) is 3.61. The van der Waals surface area contributed by atoms with E-state index in [1.54, 1.807) is 0 Å². The van der Waals surface area contributed by atoms with Crippen LogP contribution in [0, 0.1) is 22.5 Å². The van der Waals surface area contributed by atoms with Crippen LogP contribution in [0.25, 0.3) is 0 Å². The second-order valence-corrected chi connectivity index (χ2v) is 2.63.